The lowest BCUT2D eigenvalue weighted by atomic mass is 10.3. The quantitative estimate of drug-likeness (QED) is 0.924. The van der Waals surface area contributed by atoms with Crippen molar-refractivity contribution in [3.8, 4) is 5.75 Å². The van der Waals surface area contributed by atoms with E-state index in [1.807, 2.05) is 0 Å². The van der Waals surface area contributed by atoms with Crippen molar-refractivity contribution in [2.45, 2.75) is 13.5 Å². The van der Waals surface area contributed by atoms with Crippen LogP contribution < -0.4 is 10.1 Å². The SMILES string of the molecule is CC(=O)Nc1ccc(Br)c(OC(F)F)c1. The van der Waals surface area contributed by atoms with E-state index in [2.05, 4.69) is 26.0 Å². The van der Waals surface area contributed by atoms with Crippen molar-refractivity contribution in [2.24, 2.45) is 0 Å². The Morgan fingerprint density at radius 1 is 1.53 bits per heavy atom. The van der Waals surface area contributed by atoms with Gasteiger partial charge in [-0.25, -0.2) is 0 Å². The highest BCUT2D eigenvalue weighted by Crippen LogP contribution is 2.29. The van der Waals surface area contributed by atoms with E-state index in [-0.39, 0.29) is 11.7 Å². The molecule has 0 aliphatic carbocycles. The third-order valence-electron chi connectivity index (χ3n) is 1.47. The molecule has 0 unspecified atom stereocenters. The summed E-state index contributed by atoms with van der Waals surface area (Å²) in [6, 6.07) is 4.41. The van der Waals surface area contributed by atoms with Gasteiger partial charge < -0.3 is 10.1 Å². The minimum absolute atomic E-state index is 0.0174. The van der Waals surface area contributed by atoms with Gasteiger partial charge in [-0.2, -0.15) is 8.78 Å². The molecule has 1 rings (SSSR count). The van der Waals surface area contributed by atoms with Crippen molar-refractivity contribution in [3.63, 3.8) is 0 Å². The Balaban J connectivity index is 2.89. The van der Waals surface area contributed by atoms with Crippen LogP contribution >= 0.6 is 15.9 Å². The summed E-state index contributed by atoms with van der Waals surface area (Å²) in [5.41, 5.74) is 0.404. The molecule has 3 nitrogen and oxygen atoms in total. The van der Waals surface area contributed by atoms with Gasteiger partial charge in [0.1, 0.15) is 5.75 Å². The molecule has 0 saturated heterocycles. The van der Waals surface area contributed by atoms with Gasteiger partial charge in [-0.3, -0.25) is 4.79 Å². The molecule has 82 valence electrons. The van der Waals surface area contributed by atoms with Crippen molar-refractivity contribution in [1.29, 1.82) is 0 Å². The summed E-state index contributed by atoms with van der Waals surface area (Å²) < 4.78 is 28.6. The summed E-state index contributed by atoms with van der Waals surface area (Å²) in [7, 11) is 0. The fourth-order valence-electron chi connectivity index (χ4n) is 0.971. The highest BCUT2D eigenvalue weighted by Gasteiger charge is 2.09. The number of hydrogen-bond acceptors (Lipinski definition) is 2. The van der Waals surface area contributed by atoms with Crippen molar-refractivity contribution in [1.82, 2.24) is 0 Å². The molecule has 1 aromatic rings. The minimum atomic E-state index is -2.89. The zero-order valence-electron chi connectivity index (χ0n) is 7.76. The van der Waals surface area contributed by atoms with Gasteiger partial charge in [0.05, 0.1) is 4.47 Å². The maximum Gasteiger partial charge on any atom is 0.387 e. The van der Waals surface area contributed by atoms with Crippen LogP contribution in [-0.4, -0.2) is 12.5 Å². The third-order valence-corrected chi connectivity index (χ3v) is 2.12. The van der Waals surface area contributed by atoms with Crippen LogP contribution in [0.5, 0.6) is 5.75 Å². The maximum atomic E-state index is 12.0. The molecule has 0 spiro atoms. The van der Waals surface area contributed by atoms with Gasteiger partial charge in [-0.05, 0) is 28.1 Å². The summed E-state index contributed by atoms with van der Waals surface area (Å²) in [5, 5.41) is 2.46. The van der Waals surface area contributed by atoms with E-state index in [1.54, 1.807) is 6.07 Å². The lowest BCUT2D eigenvalue weighted by molar-refractivity contribution is -0.114. The largest absolute Gasteiger partial charge is 0.434 e. The summed E-state index contributed by atoms with van der Waals surface area (Å²) in [6.45, 7) is -1.57. The number of anilines is 1. The summed E-state index contributed by atoms with van der Waals surface area (Å²) in [6.07, 6.45) is 0. The molecule has 1 aromatic carbocycles. The number of nitrogens with one attached hydrogen (secondary N) is 1. The number of carbonyl (C=O) groups is 1. The van der Waals surface area contributed by atoms with Crippen LogP contribution in [0.4, 0.5) is 14.5 Å². The highest BCUT2D eigenvalue weighted by atomic mass is 79.9. The lowest BCUT2D eigenvalue weighted by Crippen LogP contribution is -2.07. The Morgan fingerprint density at radius 2 is 2.20 bits per heavy atom. The molecule has 0 aliphatic heterocycles. The van der Waals surface area contributed by atoms with Crippen LogP contribution in [0.25, 0.3) is 0 Å². The van der Waals surface area contributed by atoms with Gasteiger partial charge in [0.2, 0.25) is 5.91 Å². The summed E-state index contributed by atoms with van der Waals surface area (Å²) >= 11 is 3.05. The van der Waals surface area contributed by atoms with Gasteiger partial charge in [-0.1, -0.05) is 0 Å². The highest BCUT2D eigenvalue weighted by molar-refractivity contribution is 9.10. The Labute approximate surface area is 93.5 Å². The number of alkyl halides is 2. The molecule has 0 aromatic heterocycles. The Bertz CT molecular complexity index is 371. The number of ether oxygens (including phenoxy) is 1. The van der Waals surface area contributed by atoms with Gasteiger partial charge in [0.25, 0.3) is 0 Å². The van der Waals surface area contributed by atoms with E-state index in [4.69, 9.17) is 0 Å². The Morgan fingerprint density at radius 3 is 2.73 bits per heavy atom. The van der Waals surface area contributed by atoms with Crippen molar-refractivity contribution < 1.29 is 18.3 Å². The number of rotatable bonds is 3. The fraction of sp³-hybridized carbons (Fsp3) is 0.222. The smallest absolute Gasteiger partial charge is 0.387 e. The molecule has 1 N–H and O–H groups in total. The Hall–Kier alpha value is -1.17. The lowest BCUT2D eigenvalue weighted by Gasteiger charge is -2.09. The third kappa shape index (κ3) is 3.83. The molecule has 0 radical (unpaired) electrons. The van der Waals surface area contributed by atoms with Crippen molar-refractivity contribution in [2.75, 3.05) is 5.32 Å². The van der Waals surface area contributed by atoms with E-state index in [9.17, 15) is 13.6 Å². The molecule has 0 fully saturated rings. The van der Waals surface area contributed by atoms with Crippen LogP contribution in [0.3, 0.4) is 0 Å². The van der Waals surface area contributed by atoms with Gasteiger partial charge >= 0.3 is 6.61 Å². The zero-order valence-corrected chi connectivity index (χ0v) is 9.35. The van der Waals surface area contributed by atoms with E-state index in [0.29, 0.717) is 10.2 Å². The summed E-state index contributed by atoms with van der Waals surface area (Å²) in [4.78, 5) is 10.7. The topological polar surface area (TPSA) is 38.3 Å². The molecule has 0 bridgehead atoms. The molecule has 0 saturated carbocycles. The van der Waals surface area contributed by atoms with Gasteiger partial charge in [0.15, 0.2) is 0 Å². The first-order valence-electron chi connectivity index (χ1n) is 4.01. The van der Waals surface area contributed by atoms with E-state index < -0.39 is 6.61 Å². The maximum absolute atomic E-state index is 12.0. The average molecular weight is 280 g/mol. The predicted octanol–water partition coefficient (Wildman–Crippen LogP) is 3.01. The van der Waals surface area contributed by atoms with Gasteiger partial charge in [-0.15, -0.1) is 0 Å². The second-order valence-corrected chi connectivity index (χ2v) is 3.56. The van der Waals surface area contributed by atoms with Crippen LogP contribution in [0.1, 0.15) is 6.92 Å². The molecule has 0 aliphatic rings. The second kappa shape index (κ2) is 5.06. The average Bonchev–Trinajstić information content (AvgIpc) is 2.09. The molecule has 0 heterocycles. The second-order valence-electron chi connectivity index (χ2n) is 2.70. The standard InChI is InChI=1S/C9H8BrF2NO2/c1-5(14)13-6-2-3-7(10)8(4-6)15-9(11)12/h2-4,9H,1H3,(H,13,14). The molecule has 6 heteroatoms. The van der Waals surface area contributed by atoms with Gasteiger partial charge in [0, 0.05) is 18.7 Å². The molecule has 15 heavy (non-hydrogen) atoms. The molecular weight excluding hydrogens is 272 g/mol. The fourth-order valence-corrected chi connectivity index (χ4v) is 1.31. The molecular formula is C9H8BrF2NO2. The number of carbonyl (C=O) groups excluding carboxylic acids is 1. The normalized spacial score (nSPS) is 10.2. The molecule has 1 amide bonds. The first-order chi connectivity index (χ1) is 6.99. The Kier molecular flexibility index (Phi) is 4.02. The number of amides is 1. The van der Waals surface area contributed by atoms with E-state index >= 15 is 0 Å². The minimum Gasteiger partial charge on any atom is -0.434 e. The van der Waals surface area contributed by atoms with Crippen LogP contribution in [0.15, 0.2) is 22.7 Å². The van der Waals surface area contributed by atoms with Crippen molar-refractivity contribution in [3.05, 3.63) is 22.7 Å². The number of halogens is 3. The van der Waals surface area contributed by atoms with Crippen LogP contribution in [0.2, 0.25) is 0 Å². The number of hydrogen-bond donors (Lipinski definition) is 1. The monoisotopic (exact) mass is 279 g/mol. The van der Waals surface area contributed by atoms with Crippen molar-refractivity contribution >= 4 is 27.5 Å². The van der Waals surface area contributed by atoms with E-state index in [1.165, 1.54) is 19.1 Å². The predicted molar refractivity (Wildman–Crippen MR) is 55.1 cm³/mol. The van der Waals surface area contributed by atoms with Crippen LogP contribution in [-0.2, 0) is 4.79 Å². The summed E-state index contributed by atoms with van der Waals surface area (Å²) in [5.74, 6) is -0.295. The zero-order chi connectivity index (χ0) is 11.4. The molecule has 0 atom stereocenters. The van der Waals surface area contributed by atoms with E-state index in [0.717, 1.165) is 0 Å². The first kappa shape index (κ1) is 11.9. The number of benzene rings is 1. The first-order valence-corrected chi connectivity index (χ1v) is 4.80. The van der Waals surface area contributed by atoms with Crippen LogP contribution in [0, 0.1) is 0 Å².